The average Bonchev–Trinajstić information content (AvgIpc) is 2.15. The van der Waals surface area contributed by atoms with Crippen molar-refractivity contribution in [1.29, 1.82) is 0 Å². The molecule has 0 saturated carbocycles. The van der Waals surface area contributed by atoms with Gasteiger partial charge in [0.1, 0.15) is 0 Å². The SMILES string of the molecule is CN(C(=O)Cl)c1cc(C(F)(F)F)ccc1Cl. The van der Waals surface area contributed by atoms with Crippen molar-refractivity contribution < 1.29 is 18.0 Å². The second kappa shape index (κ2) is 4.51. The van der Waals surface area contributed by atoms with E-state index in [1.54, 1.807) is 0 Å². The van der Waals surface area contributed by atoms with Gasteiger partial charge >= 0.3 is 11.5 Å². The highest BCUT2D eigenvalue weighted by molar-refractivity contribution is 6.66. The van der Waals surface area contributed by atoms with Gasteiger partial charge in [0.05, 0.1) is 16.3 Å². The van der Waals surface area contributed by atoms with Crippen LogP contribution >= 0.6 is 23.2 Å². The van der Waals surface area contributed by atoms with Crippen LogP contribution in [0.4, 0.5) is 23.7 Å². The molecule has 0 saturated heterocycles. The van der Waals surface area contributed by atoms with Crippen LogP contribution in [0.15, 0.2) is 18.2 Å². The van der Waals surface area contributed by atoms with E-state index in [2.05, 4.69) is 0 Å². The Labute approximate surface area is 99.6 Å². The average molecular weight is 272 g/mol. The molecule has 0 radical (unpaired) electrons. The molecule has 1 amide bonds. The highest BCUT2D eigenvalue weighted by Gasteiger charge is 2.31. The number of hydrogen-bond acceptors (Lipinski definition) is 1. The first-order valence-electron chi connectivity index (χ1n) is 4.03. The lowest BCUT2D eigenvalue weighted by atomic mass is 10.2. The zero-order valence-electron chi connectivity index (χ0n) is 7.98. The second-order valence-corrected chi connectivity index (χ2v) is 3.71. The van der Waals surface area contributed by atoms with Gasteiger partial charge in [0.15, 0.2) is 0 Å². The molecule has 0 atom stereocenters. The van der Waals surface area contributed by atoms with Crippen LogP contribution in [-0.2, 0) is 6.18 Å². The van der Waals surface area contributed by atoms with Crippen molar-refractivity contribution in [3.63, 3.8) is 0 Å². The van der Waals surface area contributed by atoms with E-state index in [0.717, 1.165) is 23.1 Å². The highest BCUT2D eigenvalue weighted by Crippen LogP contribution is 2.35. The molecule has 7 heteroatoms. The zero-order chi connectivity index (χ0) is 12.5. The molecule has 1 aromatic rings. The molecule has 0 unspecified atom stereocenters. The van der Waals surface area contributed by atoms with Gasteiger partial charge in [-0.1, -0.05) is 11.6 Å². The number of halogens is 5. The normalized spacial score (nSPS) is 11.4. The molecular formula is C9H6Cl2F3NO. The van der Waals surface area contributed by atoms with E-state index >= 15 is 0 Å². The molecular weight excluding hydrogens is 266 g/mol. The summed E-state index contributed by atoms with van der Waals surface area (Å²) in [6.07, 6.45) is -4.49. The molecule has 0 aliphatic rings. The Kier molecular flexibility index (Phi) is 3.70. The molecule has 1 aromatic carbocycles. The molecule has 0 spiro atoms. The van der Waals surface area contributed by atoms with Crippen molar-refractivity contribution in [3.05, 3.63) is 28.8 Å². The molecule has 2 nitrogen and oxygen atoms in total. The lowest BCUT2D eigenvalue weighted by Crippen LogP contribution is -2.20. The van der Waals surface area contributed by atoms with Gasteiger partial charge in [-0.2, -0.15) is 13.2 Å². The molecule has 0 aliphatic heterocycles. The van der Waals surface area contributed by atoms with Crippen LogP contribution in [-0.4, -0.2) is 12.4 Å². The maximum atomic E-state index is 12.4. The Hall–Kier alpha value is -0.940. The molecule has 16 heavy (non-hydrogen) atoms. The summed E-state index contributed by atoms with van der Waals surface area (Å²) in [6, 6.07) is 2.66. The van der Waals surface area contributed by atoms with Gasteiger partial charge in [0.2, 0.25) is 0 Å². The molecule has 0 bridgehead atoms. The summed E-state index contributed by atoms with van der Waals surface area (Å²) in [5.41, 5.74) is -0.979. The largest absolute Gasteiger partial charge is 0.416 e. The van der Waals surface area contributed by atoms with E-state index in [-0.39, 0.29) is 10.7 Å². The summed E-state index contributed by atoms with van der Waals surface area (Å²) in [6.45, 7) is 0. The van der Waals surface area contributed by atoms with Gasteiger partial charge in [-0.15, -0.1) is 0 Å². The van der Waals surface area contributed by atoms with Crippen molar-refractivity contribution in [3.8, 4) is 0 Å². The fourth-order valence-corrected chi connectivity index (χ4v) is 1.38. The fraction of sp³-hybridized carbons (Fsp3) is 0.222. The van der Waals surface area contributed by atoms with Gasteiger partial charge in [-0.25, -0.2) is 0 Å². The van der Waals surface area contributed by atoms with Gasteiger partial charge < -0.3 is 4.90 Å². The minimum atomic E-state index is -4.49. The third-order valence-corrected chi connectivity index (χ3v) is 2.47. The van der Waals surface area contributed by atoms with E-state index in [4.69, 9.17) is 23.2 Å². The van der Waals surface area contributed by atoms with Gasteiger partial charge in [-0.05, 0) is 29.8 Å². The molecule has 0 aromatic heterocycles. The van der Waals surface area contributed by atoms with Crippen LogP contribution in [0.5, 0.6) is 0 Å². The Morgan fingerprint density at radius 1 is 1.38 bits per heavy atom. The lowest BCUT2D eigenvalue weighted by molar-refractivity contribution is -0.137. The van der Waals surface area contributed by atoms with Crippen molar-refractivity contribution in [2.75, 3.05) is 11.9 Å². The standard InChI is InChI=1S/C9H6Cl2F3NO/c1-15(8(11)16)7-4-5(9(12,13)14)2-3-6(7)10/h2-4H,1H3. The number of benzene rings is 1. The summed E-state index contributed by atoms with van der Waals surface area (Å²) in [4.78, 5) is 11.6. The molecule has 0 heterocycles. The smallest absolute Gasteiger partial charge is 0.300 e. The third-order valence-electron chi connectivity index (χ3n) is 1.90. The molecule has 0 fully saturated rings. The number of alkyl halides is 3. The van der Waals surface area contributed by atoms with Crippen molar-refractivity contribution >= 4 is 34.3 Å². The Morgan fingerprint density at radius 3 is 2.38 bits per heavy atom. The Bertz CT molecular complexity index is 420. The van der Waals surface area contributed by atoms with Gasteiger partial charge in [-0.3, -0.25) is 4.79 Å². The number of anilines is 1. The van der Waals surface area contributed by atoms with Gasteiger partial charge in [0.25, 0.3) is 0 Å². The monoisotopic (exact) mass is 271 g/mol. The lowest BCUT2D eigenvalue weighted by Gasteiger charge is -2.17. The Balaban J connectivity index is 3.24. The molecule has 1 rings (SSSR count). The maximum Gasteiger partial charge on any atom is 0.416 e. The quantitative estimate of drug-likeness (QED) is 0.555. The van der Waals surface area contributed by atoms with Crippen molar-refractivity contribution in [2.24, 2.45) is 0 Å². The number of carbonyl (C=O) groups is 1. The zero-order valence-corrected chi connectivity index (χ0v) is 9.49. The minimum Gasteiger partial charge on any atom is -0.300 e. The minimum absolute atomic E-state index is 0.0181. The summed E-state index contributed by atoms with van der Waals surface area (Å²) in [7, 11) is 1.23. The number of nitrogens with zero attached hydrogens (tertiary/aromatic N) is 1. The highest BCUT2D eigenvalue weighted by atomic mass is 35.5. The topological polar surface area (TPSA) is 20.3 Å². The van der Waals surface area contributed by atoms with E-state index in [9.17, 15) is 18.0 Å². The van der Waals surface area contributed by atoms with E-state index < -0.39 is 17.1 Å². The summed E-state index contributed by atoms with van der Waals surface area (Å²) >= 11 is 10.8. The van der Waals surface area contributed by atoms with Crippen molar-refractivity contribution in [1.82, 2.24) is 0 Å². The first kappa shape index (κ1) is 13.1. The summed E-state index contributed by atoms with van der Waals surface area (Å²) < 4.78 is 37.2. The summed E-state index contributed by atoms with van der Waals surface area (Å²) in [5.74, 6) is 0. The number of rotatable bonds is 1. The van der Waals surface area contributed by atoms with Crippen LogP contribution in [0.3, 0.4) is 0 Å². The van der Waals surface area contributed by atoms with Crippen molar-refractivity contribution in [2.45, 2.75) is 6.18 Å². The fourth-order valence-electron chi connectivity index (χ4n) is 1.04. The van der Waals surface area contributed by atoms with Crippen LogP contribution in [0, 0.1) is 0 Å². The van der Waals surface area contributed by atoms with Crippen LogP contribution in [0.1, 0.15) is 5.56 Å². The first-order chi connectivity index (χ1) is 7.23. The van der Waals surface area contributed by atoms with Crippen LogP contribution < -0.4 is 4.90 Å². The first-order valence-corrected chi connectivity index (χ1v) is 4.79. The number of carbonyl (C=O) groups excluding carboxylic acids is 1. The maximum absolute atomic E-state index is 12.4. The predicted molar refractivity (Wildman–Crippen MR) is 56.1 cm³/mol. The second-order valence-electron chi connectivity index (χ2n) is 2.98. The van der Waals surface area contributed by atoms with Gasteiger partial charge in [0, 0.05) is 7.05 Å². The van der Waals surface area contributed by atoms with E-state index in [1.165, 1.54) is 7.05 Å². The predicted octanol–water partition coefficient (Wildman–Crippen LogP) is 4.15. The van der Waals surface area contributed by atoms with E-state index in [0.29, 0.717) is 0 Å². The molecule has 0 aliphatic carbocycles. The van der Waals surface area contributed by atoms with Crippen LogP contribution in [0.2, 0.25) is 5.02 Å². The van der Waals surface area contributed by atoms with E-state index in [1.807, 2.05) is 0 Å². The number of hydrogen-bond donors (Lipinski definition) is 0. The summed E-state index contributed by atoms with van der Waals surface area (Å²) in [5, 5.41) is -0.897. The Morgan fingerprint density at radius 2 is 1.94 bits per heavy atom. The molecule has 88 valence electrons. The number of amides is 1. The molecule has 0 N–H and O–H groups in total. The van der Waals surface area contributed by atoms with Crippen LogP contribution in [0.25, 0.3) is 0 Å². The third kappa shape index (κ3) is 2.80.